The van der Waals surface area contributed by atoms with Gasteiger partial charge in [-0.15, -0.1) is 0 Å². The number of hydrogen-bond acceptors (Lipinski definition) is 3. The van der Waals surface area contributed by atoms with Gasteiger partial charge in [0, 0.05) is 31.7 Å². The number of piperazine rings is 1. The minimum atomic E-state index is -3.59. The Bertz CT molecular complexity index is 528. The molecule has 1 heterocycles. The third kappa shape index (κ3) is 3.54. The summed E-state index contributed by atoms with van der Waals surface area (Å²) < 4.78 is 24.2. The molecule has 0 aromatic heterocycles. The molecule has 0 atom stereocenters. The van der Waals surface area contributed by atoms with E-state index in [0.717, 1.165) is 6.54 Å². The zero-order chi connectivity index (χ0) is 14.1. The minimum Gasteiger partial charge on any atom is -0.291 e. The van der Waals surface area contributed by atoms with Gasteiger partial charge in [0.2, 0.25) is 0 Å². The van der Waals surface area contributed by atoms with Crippen molar-refractivity contribution < 1.29 is 8.42 Å². The minimum absolute atomic E-state index is 0.222. The predicted octanol–water partition coefficient (Wildman–Crippen LogP) is 0.786. The van der Waals surface area contributed by atoms with Crippen LogP contribution in [-0.2, 0) is 16.8 Å². The van der Waals surface area contributed by atoms with Crippen molar-refractivity contribution in [3.05, 3.63) is 35.9 Å². The maximum absolute atomic E-state index is 11.4. The summed E-state index contributed by atoms with van der Waals surface area (Å²) in [4.78, 5) is 2.30. The second kappa shape index (κ2) is 5.20. The van der Waals surface area contributed by atoms with Crippen molar-refractivity contribution in [2.75, 3.05) is 19.6 Å². The molecule has 2 N–H and O–H groups in total. The van der Waals surface area contributed by atoms with Crippen molar-refractivity contribution >= 4 is 10.2 Å². The first-order valence-corrected chi connectivity index (χ1v) is 7.86. The molecule has 1 aliphatic heterocycles. The monoisotopic (exact) mass is 283 g/mol. The van der Waals surface area contributed by atoms with E-state index in [1.807, 2.05) is 32.0 Å². The maximum Gasteiger partial charge on any atom is 0.277 e. The summed E-state index contributed by atoms with van der Waals surface area (Å²) in [6.07, 6.45) is 0. The van der Waals surface area contributed by atoms with Gasteiger partial charge in [0.25, 0.3) is 10.2 Å². The standard InChI is InChI=1S/C13H21N3O2S/c1-13(2)11-16(19(14,17)18)9-8-15(13)10-12-6-4-3-5-7-12/h3-7H,8-11H2,1-2H3,(H2,14,17,18). The average molecular weight is 283 g/mol. The highest BCUT2D eigenvalue weighted by Crippen LogP contribution is 2.24. The second-order valence-electron chi connectivity index (χ2n) is 5.60. The van der Waals surface area contributed by atoms with E-state index in [9.17, 15) is 8.42 Å². The van der Waals surface area contributed by atoms with Crippen molar-refractivity contribution in [1.29, 1.82) is 0 Å². The van der Waals surface area contributed by atoms with Crippen LogP contribution in [0.5, 0.6) is 0 Å². The lowest BCUT2D eigenvalue weighted by Crippen LogP contribution is -2.60. The smallest absolute Gasteiger partial charge is 0.277 e. The summed E-state index contributed by atoms with van der Waals surface area (Å²) in [5.41, 5.74) is 1.01. The average Bonchev–Trinajstić information content (AvgIpc) is 2.31. The molecule has 2 rings (SSSR count). The van der Waals surface area contributed by atoms with E-state index in [1.165, 1.54) is 9.87 Å². The molecule has 1 aromatic rings. The highest BCUT2D eigenvalue weighted by atomic mass is 32.2. The van der Waals surface area contributed by atoms with Gasteiger partial charge in [-0.25, -0.2) is 5.14 Å². The molecule has 1 aliphatic rings. The molecular weight excluding hydrogens is 262 g/mol. The van der Waals surface area contributed by atoms with Gasteiger partial charge >= 0.3 is 0 Å². The van der Waals surface area contributed by atoms with Gasteiger partial charge in [-0.3, -0.25) is 4.90 Å². The summed E-state index contributed by atoms with van der Waals surface area (Å²) in [7, 11) is -3.59. The van der Waals surface area contributed by atoms with Crippen LogP contribution >= 0.6 is 0 Å². The topological polar surface area (TPSA) is 66.6 Å². The summed E-state index contributed by atoms with van der Waals surface area (Å²) in [5.74, 6) is 0. The summed E-state index contributed by atoms with van der Waals surface area (Å²) >= 11 is 0. The summed E-state index contributed by atoms with van der Waals surface area (Å²) in [6.45, 7) is 6.50. The lowest BCUT2D eigenvalue weighted by Gasteiger charge is -2.46. The normalized spacial score (nSPS) is 21.4. The third-order valence-corrected chi connectivity index (χ3v) is 4.65. The molecule has 1 aromatic carbocycles. The molecule has 6 heteroatoms. The molecule has 0 spiro atoms. The molecule has 106 valence electrons. The van der Waals surface area contributed by atoms with Crippen molar-refractivity contribution in [1.82, 2.24) is 9.21 Å². The molecule has 19 heavy (non-hydrogen) atoms. The van der Waals surface area contributed by atoms with E-state index >= 15 is 0 Å². The van der Waals surface area contributed by atoms with Gasteiger partial charge in [0.1, 0.15) is 0 Å². The molecule has 1 saturated heterocycles. The van der Waals surface area contributed by atoms with E-state index in [1.54, 1.807) is 0 Å². The fourth-order valence-corrected chi connectivity index (χ4v) is 3.29. The van der Waals surface area contributed by atoms with Crippen molar-refractivity contribution in [3.63, 3.8) is 0 Å². The number of rotatable bonds is 3. The Labute approximate surface area is 115 Å². The highest BCUT2D eigenvalue weighted by molar-refractivity contribution is 7.86. The SMILES string of the molecule is CC1(C)CN(S(N)(=O)=O)CCN1Cc1ccccc1. The molecule has 0 radical (unpaired) electrons. The van der Waals surface area contributed by atoms with E-state index in [2.05, 4.69) is 17.0 Å². The summed E-state index contributed by atoms with van der Waals surface area (Å²) in [5, 5.41) is 5.21. The largest absolute Gasteiger partial charge is 0.291 e. The van der Waals surface area contributed by atoms with Crippen LogP contribution in [0.3, 0.4) is 0 Å². The fourth-order valence-electron chi connectivity index (χ4n) is 2.46. The Morgan fingerprint density at radius 1 is 1.21 bits per heavy atom. The van der Waals surface area contributed by atoms with Crippen molar-refractivity contribution in [2.45, 2.75) is 25.9 Å². The van der Waals surface area contributed by atoms with Crippen LogP contribution in [0.1, 0.15) is 19.4 Å². The van der Waals surface area contributed by atoms with Gasteiger partial charge in [-0.2, -0.15) is 12.7 Å². The van der Waals surface area contributed by atoms with Gasteiger partial charge in [-0.05, 0) is 19.4 Å². The third-order valence-electron chi connectivity index (χ3n) is 3.61. The zero-order valence-electron chi connectivity index (χ0n) is 11.4. The first-order chi connectivity index (χ1) is 8.79. The first kappa shape index (κ1) is 14.5. The highest BCUT2D eigenvalue weighted by Gasteiger charge is 2.37. The van der Waals surface area contributed by atoms with Gasteiger partial charge in [-0.1, -0.05) is 30.3 Å². The Morgan fingerprint density at radius 3 is 2.37 bits per heavy atom. The Hall–Kier alpha value is -0.950. The molecule has 0 bridgehead atoms. The predicted molar refractivity (Wildman–Crippen MR) is 75.6 cm³/mol. The van der Waals surface area contributed by atoms with Crippen LogP contribution in [0.15, 0.2) is 30.3 Å². The van der Waals surface area contributed by atoms with E-state index < -0.39 is 10.2 Å². The zero-order valence-corrected chi connectivity index (χ0v) is 12.2. The first-order valence-electron chi connectivity index (χ1n) is 6.36. The molecule has 5 nitrogen and oxygen atoms in total. The van der Waals surface area contributed by atoms with E-state index in [0.29, 0.717) is 19.6 Å². The Kier molecular flexibility index (Phi) is 3.96. The van der Waals surface area contributed by atoms with E-state index in [4.69, 9.17) is 5.14 Å². The van der Waals surface area contributed by atoms with Crippen LogP contribution in [0, 0.1) is 0 Å². The molecule has 1 fully saturated rings. The number of benzene rings is 1. The van der Waals surface area contributed by atoms with Crippen LogP contribution in [0.4, 0.5) is 0 Å². The van der Waals surface area contributed by atoms with Crippen molar-refractivity contribution in [3.8, 4) is 0 Å². The Balaban J connectivity index is 2.09. The maximum atomic E-state index is 11.4. The second-order valence-corrected chi connectivity index (χ2v) is 7.14. The van der Waals surface area contributed by atoms with Gasteiger partial charge in [0.05, 0.1) is 0 Å². The van der Waals surface area contributed by atoms with Crippen LogP contribution < -0.4 is 5.14 Å². The molecule has 0 unspecified atom stereocenters. The number of nitrogens with two attached hydrogens (primary N) is 1. The fraction of sp³-hybridized carbons (Fsp3) is 0.538. The lowest BCUT2D eigenvalue weighted by molar-refractivity contribution is 0.0473. The lowest BCUT2D eigenvalue weighted by atomic mass is 9.99. The number of hydrogen-bond donors (Lipinski definition) is 1. The molecule has 0 amide bonds. The van der Waals surface area contributed by atoms with E-state index in [-0.39, 0.29) is 5.54 Å². The molecular formula is C13H21N3O2S. The van der Waals surface area contributed by atoms with Gasteiger partial charge in [0.15, 0.2) is 0 Å². The quantitative estimate of drug-likeness (QED) is 0.891. The number of nitrogens with zero attached hydrogens (tertiary/aromatic N) is 2. The van der Waals surface area contributed by atoms with Crippen LogP contribution in [0.2, 0.25) is 0 Å². The van der Waals surface area contributed by atoms with Gasteiger partial charge < -0.3 is 0 Å². The van der Waals surface area contributed by atoms with Crippen molar-refractivity contribution in [2.24, 2.45) is 5.14 Å². The molecule has 0 aliphatic carbocycles. The van der Waals surface area contributed by atoms with Crippen LogP contribution in [0.25, 0.3) is 0 Å². The van der Waals surface area contributed by atoms with Crippen LogP contribution in [-0.4, -0.2) is 42.8 Å². The Morgan fingerprint density at radius 2 is 1.84 bits per heavy atom. The molecule has 0 saturated carbocycles. The summed E-state index contributed by atoms with van der Waals surface area (Å²) in [6, 6.07) is 10.2.